The molecule has 1 aliphatic heterocycles. The third-order valence-corrected chi connectivity index (χ3v) is 6.81. The van der Waals surface area contributed by atoms with Crippen molar-refractivity contribution in [3.05, 3.63) is 77.6 Å². The SMILES string of the molecule is O=C(c1cc(C2CC2)nc2ccccc12)N1CCC(c2c[nH]c3ccccc23)CC1. The number of hydrogen-bond acceptors (Lipinski definition) is 2. The van der Waals surface area contributed by atoms with E-state index in [2.05, 4.69) is 41.5 Å². The molecule has 6 rings (SSSR count). The Morgan fingerprint density at radius 3 is 2.43 bits per heavy atom. The van der Waals surface area contributed by atoms with Crippen molar-refractivity contribution in [2.45, 2.75) is 37.5 Å². The quantitative estimate of drug-likeness (QED) is 0.490. The number of hydrogen-bond donors (Lipinski definition) is 1. The Morgan fingerprint density at radius 1 is 0.900 bits per heavy atom. The van der Waals surface area contributed by atoms with Crippen LogP contribution in [0.3, 0.4) is 0 Å². The van der Waals surface area contributed by atoms with Gasteiger partial charge in [-0.1, -0.05) is 36.4 Å². The van der Waals surface area contributed by atoms with Crippen molar-refractivity contribution in [2.24, 2.45) is 0 Å². The first-order valence-electron chi connectivity index (χ1n) is 11.0. The molecule has 30 heavy (non-hydrogen) atoms. The second-order valence-electron chi connectivity index (χ2n) is 8.74. The normalized spacial score (nSPS) is 17.7. The Morgan fingerprint density at radius 2 is 1.63 bits per heavy atom. The number of rotatable bonds is 3. The Bertz CT molecular complexity index is 1250. The van der Waals surface area contributed by atoms with Gasteiger partial charge in [-0.3, -0.25) is 9.78 Å². The van der Waals surface area contributed by atoms with E-state index >= 15 is 0 Å². The minimum absolute atomic E-state index is 0.160. The van der Waals surface area contributed by atoms with Crippen molar-refractivity contribution >= 4 is 27.7 Å². The summed E-state index contributed by atoms with van der Waals surface area (Å²) in [6, 6.07) is 18.6. The van der Waals surface area contributed by atoms with Crippen LogP contribution in [-0.2, 0) is 0 Å². The third kappa shape index (κ3) is 2.98. The highest BCUT2D eigenvalue weighted by Crippen LogP contribution is 2.40. The maximum Gasteiger partial charge on any atom is 0.254 e. The molecule has 0 radical (unpaired) electrons. The fraction of sp³-hybridized carbons (Fsp3) is 0.308. The number of pyridine rings is 1. The lowest BCUT2D eigenvalue weighted by atomic mass is 9.89. The summed E-state index contributed by atoms with van der Waals surface area (Å²) in [5.41, 5.74) is 5.45. The molecule has 0 bridgehead atoms. The second-order valence-corrected chi connectivity index (χ2v) is 8.74. The summed E-state index contributed by atoms with van der Waals surface area (Å²) in [5, 5.41) is 2.29. The molecule has 4 nitrogen and oxygen atoms in total. The molecule has 2 fully saturated rings. The van der Waals surface area contributed by atoms with Gasteiger partial charge in [0.25, 0.3) is 5.91 Å². The summed E-state index contributed by atoms with van der Waals surface area (Å²) in [6.45, 7) is 1.61. The summed E-state index contributed by atoms with van der Waals surface area (Å²) >= 11 is 0. The molecule has 1 aliphatic carbocycles. The van der Waals surface area contributed by atoms with E-state index in [9.17, 15) is 4.79 Å². The molecule has 0 atom stereocenters. The number of fused-ring (bicyclic) bond motifs is 2. The van der Waals surface area contributed by atoms with E-state index in [0.717, 1.165) is 48.1 Å². The summed E-state index contributed by atoms with van der Waals surface area (Å²) < 4.78 is 0. The van der Waals surface area contributed by atoms with Gasteiger partial charge in [-0.25, -0.2) is 0 Å². The summed E-state index contributed by atoms with van der Waals surface area (Å²) in [4.78, 5) is 23.8. The number of likely N-dealkylation sites (tertiary alicyclic amines) is 1. The van der Waals surface area contributed by atoms with E-state index < -0.39 is 0 Å². The van der Waals surface area contributed by atoms with Crippen molar-refractivity contribution in [3.63, 3.8) is 0 Å². The lowest BCUT2D eigenvalue weighted by molar-refractivity contribution is 0.0715. The van der Waals surface area contributed by atoms with E-state index in [0.29, 0.717) is 11.8 Å². The fourth-order valence-electron chi connectivity index (χ4n) is 4.96. The number of aromatic nitrogens is 2. The van der Waals surface area contributed by atoms with Gasteiger partial charge in [-0.2, -0.15) is 0 Å². The van der Waals surface area contributed by atoms with Crippen LogP contribution in [0.2, 0.25) is 0 Å². The van der Waals surface area contributed by atoms with Gasteiger partial charge in [0.1, 0.15) is 0 Å². The molecule has 1 saturated heterocycles. The van der Waals surface area contributed by atoms with Crippen molar-refractivity contribution in [1.29, 1.82) is 0 Å². The summed E-state index contributed by atoms with van der Waals surface area (Å²) in [7, 11) is 0. The predicted octanol–water partition coefficient (Wildman–Crippen LogP) is 5.61. The van der Waals surface area contributed by atoms with Crippen LogP contribution in [0.1, 0.15) is 59.1 Å². The first-order valence-corrected chi connectivity index (χ1v) is 11.0. The first-order chi connectivity index (χ1) is 14.8. The number of para-hydroxylation sites is 2. The number of carbonyl (C=O) groups excluding carboxylic acids is 1. The molecule has 3 heterocycles. The van der Waals surface area contributed by atoms with E-state index in [4.69, 9.17) is 4.98 Å². The molecule has 4 aromatic rings. The lowest BCUT2D eigenvalue weighted by Crippen LogP contribution is -2.38. The number of nitrogens with one attached hydrogen (secondary N) is 1. The Labute approximate surface area is 175 Å². The third-order valence-electron chi connectivity index (χ3n) is 6.81. The molecule has 2 aliphatic rings. The van der Waals surface area contributed by atoms with E-state index in [1.165, 1.54) is 29.3 Å². The van der Waals surface area contributed by atoms with E-state index in [1.54, 1.807) is 0 Å². The highest BCUT2D eigenvalue weighted by atomic mass is 16.2. The van der Waals surface area contributed by atoms with Gasteiger partial charge < -0.3 is 9.88 Å². The number of amides is 1. The van der Waals surface area contributed by atoms with Crippen LogP contribution in [0.4, 0.5) is 0 Å². The van der Waals surface area contributed by atoms with Gasteiger partial charge in [0.15, 0.2) is 0 Å². The van der Waals surface area contributed by atoms with Crippen molar-refractivity contribution in [2.75, 3.05) is 13.1 Å². The molecule has 2 aromatic carbocycles. The number of nitrogens with zero attached hydrogens (tertiary/aromatic N) is 2. The van der Waals surface area contributed by atoms with Gasteiger partial charge in [0, 0.05) is 47.2 Å². The second kappa shape index (κ2) is 6.98. The average Bonchev–Trinajstić information content (AvgIpc) is 3.57. The number of piperidine rings is 1. The van der Waals surface area contributed by atoms with Crippen molar-refractivity contribution < 1.29 is 4.79 Å². The lowest BCUT2D eigenvalue weighted by Gasteiger charge is -2.32. The maximum atomic E-state index is 13.5. The van der Waals surface area contributed by atoms with Crippen molar-refractivity contribution in [1.82, 2.24) is 14.9 Å². The van der Waals surface area contributed by atoms with Crippen LogP contribution in [0, 0.1) is 0 Å². The number of H-pyrrole nitrogens is 1. The molecular formula is C26H25N3O. The fourth-order valence-corrected chi connectivity index (χ4v) is 4.96. The van der Waals surface area contributed by atoms with Crippen LogP contribution < -0.4 is 0 Å². The molecule has 1 amide bonds. The van der Waals surface area contributed by atoms with Gasteiger partial charge in [-0.15, -0.1) is 0 Å². The van der Waals surface area contributed by atoms with Crippen LogP contribution >= 0.6 is 0 Å². The summed E-state index contributed by atoms with van der Waals surface area (Å²) in [5.74, 6) is 1.20. The smallest absolute Gasteiger partial charge is 0.254 e. The largest absolute Gasteiger partial charge is 0.361 e. The zero-order valence-electron chi connectivity index (χ0n) is 17.0. The number of aromatic amines is 1. The van der Waals surface area contributed by atoms with Crippen molar-refractivity contribution in [3.8, 4) is 0 Å². The van der Waals surface area contributed by atoms with Gasteiger partial charge in [-0.05, 0) is 55.4 Å². The molecule has 1 saturated carbocycles. The standard InChI is InChI=1S/C26H25N3O/c30-26(21-15-25(18-9-10-18)28-24-8-4-2-5-19(21)24)29-13-11-17(12-14-29)22-16-27-23-7-3-1-6-20(22)23/h1-8,15-18,27H,9-14H2. The topological polar surface area (TPSA) is 49.0 Å². The van der Waals surface area contributed by atoms with Crippen LogP contribution in [-0.4, -0.2) is 33.9 Å². The molecule has 1 N–H and O–H groups in total. The highest BCUT2D eigenvalue weighted by molar-refractivity contribution is 6.06. The van der Waals surface area contributed by atoms with E-state index in [1.807, 2.05) is 29.2 Å². The molecule has 0 spiro atoms. The minimum Gasteiger partial charge on any atom is -0.361 e. The zero-order chi connectivity index (χ0) is 20.1. The predicted molar refractivity (Wildman–Crippen MR) is 120 cm³/mol. The Hall–Kier alpha value is -3.14. The van der Waals surface area contributed by atoms with Gasteiger partial charge >= 0.3 is 0 Å². The maximum absolute atomic E-state index is 13.5. The highest BCUT2D eigenvalue weighted by Gasteiger charge is 2.30. The molecule has 4 heteroatoms. The average molecular weight is 396 g/mol. The summed E-state index contributed by atoms with van der Waals surface area (Å²) in [6.07, 6.45) is 6.55. The Balaban J connectivity index is 1.26. The van der Waals surface area contributed by atoms with Crippen LogP contribution in [0.15, 0.2) is 60.8 Å². The molecule has 150 valence electrons. The number of carbonyl (C=O) groups is 1. The molecule has 2 aromatic heterocycles. The molecular weight excluding hydrogens is 370 g/mol. The van der Waals surface area contributed by atoms with Gasteiger partial charge in [0.2, 0.25) is 0 Å². The Kier molecular flexibility index (Phi) is 4.12. The van der Waals surface area contributed by atoms with Crippen LogP contribution in [0.25, 0.3) is 21.8 Å². The monoisotopic (exact) mass is 395 g/mol. The van der Waals surface area contributed by atoms with Crippen LogP contribution in [0.5, 0.6) is 0 Å². The van der Waals surface area contributed by atoms with Gasteiger partial charge in [0.05, 0.1) is 11.1 Å². The minimum atomic E-state index is 0.160. The zero-order valence-corrected chi connectivity index (χ0v) is 17.0. The first kappa shape index (κ1) is 17.7. The number of benzene rings is 2. The van der Waals surface area contributed by atoms with E-state index in [-0.39, 0.29) is 5.91 Å². The molecule has 0 unspecified atom stereocenters.